The summed E-state index contributed by atoms with van der Waals surface area (Å²) in [6.45, 7) is 9.74. The summed E-state index contributed by atoms with van der Waals surface area (Å²) >= 11 is 0. The van der Waals surface area contributed by atoms with Gasteiger partial charge in [0, 0.05) is 5.39 Å². The Labute approximate surface area is 161 Å². The molecule has 0 radical (unpaired) electrons. The molecule has 0 saturated carbocycles. The highest BCUT2D eigenvalue weighted by atomic mass is 15.3. The summed E-state index contributed by atoms with van der Waals surface area (Å²) in [5, 5.41) is 1.20. The molecule has 0 aliphatic rings. The van der Waals surface area contributed by atoms with E-state index >= 15 is 0 Å². The summed E-state index contributed by atoms with van der Waals surface area (Å²) in [4.78, 5) is 10.1. The van der Waals surface area contributed by atoms with Crippen molar-refractivity contribution in [3.8, 4) is 0 Å². The van der Waals surface area contributed by atoms with Crippen molar-refractivity contribution in [2.24, 2.45) is 0 Å². The minimum absolute atomic E-state index is 0.946. The number of aromatic nitrogens is 3. The third-order valence-electron chi connectivity index (χ3n) is 5.72. The van der Waals surface area contributed by atoms with Crippen molar-refractivity contribution < 1.29 is 4.48 Å². The topological polar surface area (TPSA) is 30.7 Å². The zero-order valence-electron chi connectivity index (χ0n) is 17.1. The molecule has 4 heteroatoms. The van der Waals surface area contributed by atoms with E-state index in [-0.39, 0.29) is 0 Å². The fourth-order valence-electron chi connectivity index (χ4n) is 4.01. The van der Waals surface area contributed by atoms with E-state index in [4.69, 9.17) is 9.97 Å². The Bertz CT molecular complexity index is 1140. The molecule has 4 rings (SSSR count). The number of benzene rings is 2. The van der Waals surface area contributed by atoms with Crippen molar-refractivity contribution in [1.82, 2.24) is 14.5 Å². The van der Waals surface area contributed by atoms with Gasteiger partial charge >= 0.3 is 0 Å². The fraction of sp³-hybridized carbons (Fsp3) is 0.391. The molecule has 2 aromatic heterocycles. The van der Waals surface area contributed by atoms with Gasteiger partial charge in [-0.25, -0.2) is 9.97 Å². The van der Waals surface area contributed by atoms with Crippen LogP contribution in [0.1, 0.15) is 24.5 Å². The maximum absolute atomic E-state index is 5.06. The molecule has 4 aromatic rings. The molecule has 0 saturated heterocycles. The number of likely N-dealkylation sites (N-methyl/N-ethyl adjacent to an activating group) is 1. The van der Waals surface area contributed by atoms with E-state index in [1.807, 2.05) is 0 Å². The van der Waals surface area contributed by atoms with Crippen molar-refractivity contribution in [1.29, 1.82) is 0 Å². The fourth-order valence-corrected chi connectivity index (χ4v) is 4.01. The van der Waals surface area contributed by atoms with Crippen molar-refractivity contribution in [3.63, 3.8) is 0 Å². The Balaban J connectivity index is 1.92. The number of para-hydroxylation sites is 1. The van der Waals surface area contributed by atoms with Gasteiger partial charge < -0.3 is 9.05 Å². The molecular weight excluding hydrogens is 332 g/mol. The van der Waals surface area contributed by atoms with E-state index in [0.29, 0.717) is 0 Å². The Kier molecular flexibility index (Phi) is 4.39. The van der Waals surface area contributed by atoms with Gasteiger partial charge in [0.1, 0.15) is 5.52 Å². The van der Waals surface area contributed by atoms with Gasteiger partial charge in [0.25, 0.3) is 0 Å². The molecule has 27 heavy (non-hydrogen) atoms. The Hall–Kier alpha value is -2.46. The summed E-state index contributed by atoms with van der Waals surface area (Å²) in [7, 11) is 4.62. The van der Waals surface area contributed by atoms with Gasteiger partial charge in [-0.3, -0.25) is 0 Å². The molecule has 0 N–H and O–H groups in total. The van der Waals surface area contributed by atoms with Crippen LogP contribution >= 0.6 is 0 Å². The monoisotopic (exact) mass is 361 g/mol. The first-order valence-electron chi connectivity index (χ1n) is 9.87. The smallest absolute Gasteiger partial charge is 0.160 e. The van der Waals surface area contributed by atoms with Crippen LogP contribution in [-0.2, 0) is 6.54 Å². The number of quaternary nitrogens is 1. The number of fused-ring (bicyclic) bond motifs is 4. The lowest BCUT2D eigenvalue weighted by Gasteiger charge is -2.29. The van der Waals surface area contributed by atoms with Crippen molar-refractivity contribution in [2.45, 2.75) is 33.7 Å². The van der Waals surface area contributed by atoms with Gasteiger partial charge in [0.15, 0.2) is 5.65 Å². The summed E-state index contributed by atoms with van der Waals surface area (Å²) in [6.07, 6.45) is 1.20. The highest BCUT2D eigenvalue weighted by Crippen LogP contribution is 2.29. The number of hydrogen-bond acceptors (Lipinski definition) is 2. The van der Waals surface area contributed by atoms with E-state index in [1.54, 1.807) is 0 Å². The Morgan fingerprint density at radius 2 is 1.59 bits per heavy atom. The van der Waals surface area contributed by atoms with E-state index < -0.39 is 0 Å². The molecule has 0 fully saturated rings. The second-order valence-corrected chi connectivity index (χ2v) is 8.37. The first-order valence-corrected chi connectivity index (χ1v) is 9.87. The van der Waals surface area contributed by atoms with Crippen LogP contribution in [0.2, 0.25) is 0 Å². The first kappa shape index (κ1) is 17.9. The number of aryl methyl sites for hydroxylation is 2. The zero-order valence-corrected chi connectivity index (χ0v) is 17.1. The van der Waals surface area contributed by atoms with Crippen LogP contribution in [0.3, 0.4) is 0 Å². The lowest BCUT2D eigenvalue weighted by Crippen LogP contribution is -2.42. The molecule has 140 valence electrons. The minimum atomic E-state index is 0.946. The van der Waals surface area contributed by atoms with Crippen LogP contribution in [0.4, 0.5) is 0 Å². The van der Waals surface area contributed by atoms with Gasteiger partial charge in [-0.1, -0.05) is 25.1 Å². The van der Waals surface area contributed by atoms with E-state index in [1.165, 1.54) is 35.0 Å². The quantitative estimate of drug-likeness (QED) is 0.476. The summed E-state index contributed by atoms with van der Waals surface area (Å²) < 4.78 is 3.38. The van der Waals surface area contributed by atoms with Gasteiger partial charge in [-0.2, -0.15) is 0 Å². The molecule has 0 atom stereocenters. The predicted octanol–water partition coefficient (Wildman–Crippen LogP) is 4.84. The second kappa shape index (κ2) is 6.61. The highest BCUT2D eigenvalue weighted by Gasteiger charge is 2.18. The maximum Gasteiger partial charge on any atom is 0.160 e. The third-order valence-corrected chi connectivity index (χ3v) is 5.72. The SMILES string of the molecule is CCC[N+](C)(C)CCn1c2ccccc2c2nc3cc(C)c(C)cc3nc21. The van der Waals surface area contributed by atoms with Gasteiger partial charge in [0.2, 0.25) is 0 Å². The number of hydrogen-bond donors (Lipinski definition) is 0. The Morgan fingerprint density at radius 3 is 2.30 bits per heavy atom. The number of rotatable bonds is 5. The molecule has 2 heterocycles. The molecule has 0 aliphatic heterocycles. The highest BCUT2D eigenvalue weighted by molar-refractivity contribution is 6.06. The van der Waals surface area contributed by atoms with Crippen molar-refractivity contribution in [3.05, 3.63) is 47.5 Å². The summed E-state index contributed by atoms with van der Waals surface area (Å²) in [6, 6.07) is 12.9. The first-order chi connectivity index (χ1) is 12.9. The Morgan fingerprint density at radius 1 is 0.926 bits per heavy atom. The van der Waals surface area contributed by atoms with Crippen LogP contribution < -0.4 is 0 Å². The van der Waals surface area contributed by atoms with Crippen LogP contribution in [-0.4, -0.2) is 46.2 Å². The average molecular weight is 362 g/mol. The molecule has 2 aromatic carbocycles. The predicted molar refractivity (Wildman–Crippen MR) is 114 cm³/mol. The molecule has 0 spiro atoms. The van der Waals surface area contributed by atoms with Gasteiger partial charge in [-0.05, 0) is 49.6 Å². The summed E-state index contributed by atoms with van der Waals surface area (Å²) in [5.41, 5.74) is 7.74. The molecule has 0 unspecified atom stereocenters. The lowest BCUT2D eigenvalue weighted by atomic mass is 10.1. The van der Waals surface area contributed by atoms with Crippen LogP contribution in [0.25, 0.3) is 33.1 Å². The molecule has 0 aliphatic carbocycles. The van der Waals surface area contributed by atoms with Crippen LogP contribution in [0.5, 0.6) is 0 Å². The minimum Gasteiger partial charge on any atom is -0.327 e. The molecule has 0 amide bonds. The van der Waals surface area contributed by atoms with E-state index in [0.717, 1.165) is 39.8 Å². The second-order valence-electron chi connectivity index (χ2n) is 8.37. The lowest BCUT2D eigenvalue weighted by molar-refractivity contribution is -0.890. The zero-order chi connectivity index (χ0) is 19.2. The standard InChI is InChI=1S/C23H29N4/c1-6-12-27(4,5)13-11-26-21-10-8-7-9-18(21)22-23(26)25-20-15-17(3)16(2)14-19(20)24-22/h7-10,14-15H,6,11-13H2,1-5H3/q+1. The van der Waals surface area contributed by atoms with Gasteiger partial charge in [0.05, 0.1) is 50.3 Å². The van der Waals surface area contributed by atoms with Crippen molar-refractivity contribution in [2.75, 3.05) is 27.2 Å². The normalized spacial score (nSPS) is 12.5. The van der Waals surface area contributed by atoms with Crippen LogP contribution in [0, 0.1) is 13.8 Å². The molecule has 4 nitrogen and oxygen atoms in total. The molecular formula is C23H29N4+. The van der Waals surface area contributed by atoms with E-state index in [9.17, 15) is 0 Å². The average Bonchev–Trinajstić information content (AvgIpc) is 2.92. The molecule has 0 bridgehead atoms. The third kappa shape index (κ3) is 3.19. The van der Waals surface area contributed by atoms with Crippen LogP contribution in [0.15, 0.2) is 36.4 Å². The maximum atomic E-state index is 5.06. The van der Waals surface area contributed by atoms with Crippen molar-refractivity contribution >= 4 is 33.1 Å². The van der Waals surface area contributed by atoms with E-state index in [2.05, 4.69) is 75.8 Å². The van der Waals surface area contributed by atoms with Gasteiger partial charge in [-0.15, -0.1) is 0 Å². The largest absolute Gasteiger partial charge is 0.327 e. The number of nitrogens with zero attached hydrogens (tertiary/aromatic N) is 4. The summed E-state index contributed by atoms with van der Waals surface area (Å²) in [5.74, 6) is 0.